The monoisotopic (exact) mass is 393 g/mol. The van der Waals surface area contributed by atoms with E-state index in [0.717, 1.165) is 24.4 Å². The largest absolute Gasteiger partial charge is 0.497 e. The number of likely N-dealkylation sites (N-methyl/N-ethyl adjacent to an activating group) is 1. The number of fused-ring (bicyclic) bond motifs is 1. The molecule has 0 unspecified atom stereocenters. The van der Waals surface area contributed by atoms with E-state index in [1.54, 1.807) is 24.0 Å². The lowest BCUT2D eigenvalue weighted by Crippen LogP contribution is -2.69. The van der Waals surface area contributed by atoms with E-state index in [-0.39, 0.29) is 11.8 Å². The summed E-state index contributed by atoms with van der Waals surface area (Å²) in [7, 11) is 3.41. The smallest absolute Gasteiger partial charge is 0.247 e. The fourth-order valence-corrected chi connectivity index (χ4v) is 4.25. The summed E-state index contributed by atoms with van der Waals surface area (Å²) in [4.78, 5) is 31.9. The van der Waals surface area contributed by atoms with Gasteiger partial charge < -0.3 is 14.5 Å². The third-order valence-electron chi connectivity index (χ3n) is 5.97. The van der Waals surface area contributed by atoms with Gasteiger partial charge in [-0.2, -0.15) is 0 Å². The molecule has 29 heavy (non-hydrogen) atoms. The maximum absolute atomic E-state index is 13.2. The first-order valence-electron chi connectivity index (χ1n) is 10.0. The van der Waals surface area contributed by atoms with E-state index in [1.165, 1.54) is 5.56 Å². The van der Waals surface area contributed by atoms with Gasteiger partial charge in [0.15, 0.2) is 0 Å². The van der Waals surface area contributed by atoms with Gasteiger partial charge in [0.05, 0.1) is 7.11 Å². The molecule has 4 rings (SSSR count). The minimum atomic E-state index is -0.422. The highest BCUT2D eigenvalue weighted by Gasteiger charge is 2.46. The quantitative estimate of drug-likeness (QED) is 0.777. The number of hydrogen-bond donors (Lipinski definition) is 0. The predicted molar refractivity (Wildman–Crippen MR) is 110 cm³/mol. The fraction of sp³-hybridized carbons (Fsp3) is 0.391. The molecule has 2 fully saturated rings. The Hall–Kier alpha value is -2.86. The van der Waals surface area contributed by atoms with Gasteiger partial charge in [-0.05, 0) is 23.3 Å². The van der Waals surface area contributed by atoms with Crippen LogP contribution in [0.4, 0.5) is 0 Å². The molecular weight excluding hydrogens is 366 g/mol. The van der Waals surface area contributed by atoms with Crippen molar-refractivity contribution in [1.82, 2.24) is 14.7 Å². The number of piperazine rings is 2. The maximum atomic E-state index is 13.2. The number of rotatable bonds is 5. The van der Waals surface area contributed by atoms with Crippen LogP contribution in [-0.2, 0) is 22.6 Å². The zero-order chi connectivity index (χ0) is 20.4. The number of amides is 2. The van der Waals surface area contributed by atoms with Gasteiger partial charge >= 0.3 is 0 Å². The first-order valence-corrected chi connectivity index (χ1v) is 10.0. The van der Waals surface area contributed by atoms with Crippen LogP contribution in [0.15, 0.2) is 54.6 Å². The molecule has 2 saturated heterocycles. The number of carbonyl (C=O) groups is 2. The molecule has 0 N–H and O–H groups in total. The lowest BCUT2D eigenvalue weighted by atomic mass is 9.97. The fourth-order valence-electron chi connectivity index (χ4n) is 4.25. The SMILES string of the molecule is COc1ccc(CN2CCN3C(=O)[C@H](Cc4ccccc4)N(C)C(=O)[C@H]3C2)cc1. The molecule has 2 amide bonds. The molecule has 2 heterocycles. The van der Waals surface area contributed by atoms with Crippen LogP contribution in [0.25, 0.3) is 0 Å². The van der Waals surface area contributed by atoms with Crippen LogP contribution in [-0.4, -0.2) is 72.4 Å². The number of carbonyl (C=O) groups excluding carboxylic acids is 2. The van der Waals surface area contributed by atoms with E-state index in [4.69, 9.17) is 4.74 Å². The van der Waals surface area contributed by atoms with E-state index in [1.807, 2.05) is 54.6 Å². The zero-order valence-corrected chi connectivity index (χ0v) is 17.0. The molecule has 2 aliphatic heterocycles. The van der Waals surface area contributed by atoms with E-state index in [2.05, 4.69) is 4.90 Å². The van der Waals surface area contributed by atoms with Crippen molar-refractivity contribution < 1.29 is 14.3 Å². The van der Waals surface area contributed by atoms with Crippen molar-refractivity contribution in [2.75, 3.05) is 33.8 Å². The van der Waals surface area contributed by atoms with Crippen LogP contribution in [0.1, 0.15) is 11.1 Å². The minimum absolute atomic E-state index is 0.0324. The maximum Gasteiger partial charge on any atom is 0.247 e. The number of nitrogens with zero attached hydrogens (tertiary/aromatic N) is 3. The average Bonchev–Trinajstić information content (AvgIpc) is 2.76. The van der Waals surface area contributed by atoms with Gasteiger partial charge in [0.1, 0.15) is 17.8 Å². The Bertz CT molecular complexity index is 869. The number of ether oxygens (including phenoxy) is 1. The van der Waals surface area contributed by atoms with Crippen molar-refractivity contribution in [2.24, 2.45) is 0 Å². The first kappa shape index (κ1) is 19.5. The van der Waals surface area contributed by atoms with Crippen LogP contribution in [0.5, 0.6) is 5.75 Å². The second-order valence-electron chi connectivity index (χ2n) is 7.79. The van der Waals surface area contributed by atoms with E-state index >= 15 is 0 Å². The average molecular weight is 393 g/mol. The molecule has 0 spiro atoms. The number of benzene rings is 2. The molecule has 0 aliphatic carbocycles. The van der Waals surface area contributed by atoms with Crippen molar-refractivity contribution in [3.8, 4) is 5.75 Å². The predicted octanol–water partition coefficient (Wildman–Crippen LogP) is 1.79. The summed E-state index contributed by atoms with van der Waals surface area (Å²) < 4.78 is 5.21. The lowest BCUT2D eigenvalue weighted by molar-refractivity contribution is -0.164. The molecular formula is C23H27N3O3. The number of methoxy groups -OCH3 is 1. The van der Waals surface area contributed by atoms with Gasteiger partial charge in [-0.3, -0.25) is 14.5 Å². The van der Waals surface area contributed by atoms with Crippen LogP contribution in [0, 0.1) is 0 Å². The van der Waals surface area contributed by atoms with Gasteiger partial charge in [0.25, 0.3) is 0 Å². The molecule has 2 aromatic carbocycles. The summed E-state index contributed by atoms with van der Waals surface area (Å²) in [5.41, 5.74) is 2.24. The summed E-state index contributed by atoms with van der Waals surface area (Å²) in [5, 5.41) is 0. The van der Waals surface area contributed by atoms with Crippen molar-refractivity contribution in [3.63, 3.8) is 0 Å². The van der Waals surface area contributed by atoms with E-state index < -0.39 is 12.1 Å². The third-order valence-corrected chi connectivity index (χ3v) is 5.97. The molecule has 0 saturated carbocycles. The van der Waals surface area contributed by atoms with Crippen LogP contribution in [0.3, 0.4) is 0 Å². The second kappa shape index (κ2) is 8.25. The Morgan fingerprint density at radius 1 is 0.931 bits per heavy atom. The molecule has 6 nitrogen and oxygen atoms in total. The highest BCUT2D eigenvalue weighted by Crippen LogP contribution is 2.24. The van der Waals surface area contributed by atoms with Crippen molar-refractivity contribution in [2.45, 2.75) is 25.0 Å². The van der Waals surface area contributed by atoms with Crippen molar-refractivity contribution in [3.05, 3.63) is 65.7 Å². The standard InChI is InChI=1S/C23H27N3O3/c1-24-20(14-17-6-4-3-5-7-17)23(28)26-13-12-25(16-21(26)22(24)27)15-18-8-10-19(29-2)11-9-18/h3-11,20-21H,12-16H2,1-2H3/t20-,21+/m0/s1. The number of hydrogen-bond acceptors (Lipinski definition) is 4. The van der Waals surface area contributed by atoms with Crippen LogP contribution >= 0.6 is 0 Å². The van der Waals surface area contributed by atoms with Gasteiger partial charge in [0.2, 0.25) is 11.8 Å². The summed E-state index contributed by atoms with van der Waals surface area (Å²) in [6.45, 7) is 2.68. The molecule has 2 aromatic rings. The summed E-state index contributed by atoms with van der Waals surface area (Å²) in [6.07, 6.45) is 0.556. The zero-order valence-electron chi connectivity index (χ0n) is 17.0. The topological polar surface area (TPSA) is 53.1 Å². The first-order chi connectivity index (χ1) is 14.1. The minimum Gasteiger partial charge on any atom is -0.497 e. The molecule has 6 heteroatoms. The Kier molecular flexibility index (Phi) is 5.53. The molecule has 0 bridgehead atoms. The van der Waals surface area contributed by atoms with Crippen LogP contribution < -0.4 is 4.74 Å². The van der Waals surface area contributed by atoms with E-state index in [9.17, 15) is 9.59 Å². The Balaban J connectivity index is 1.44. The second-order valence-corrected chi connectivity index (χ2v) is 7.79. The lowest BCUT2D eigenvalue weighted by Gasteiger charge is -2.48. The Labute approximate surface area is 171 Å². The summed E-state index contributed by atoms with van der Waals surface area (Å²) >= 11 is 0. The molecule has 152 valence electrons. The van der Waals surface area contributed by atoms with Crippen molar-refractivity contribution in [1.29, 1.82) is 0 Å². The molecule has 2 aliphatic rings. The van der Waals surface area contributed by atoms with Gasteiger partial charge in [0, 0.05) is 39.6 Å². The van der Waals surface area contributed by atoms with Gasteiger partial charge in [-0.15, -0.1) is 0 Å². The highest BCUT2D eigenvalue weighted by molar-refractivity contribution is 5.97. The summed E-state index contributed by atoms with van der Waals surface area (Å²) in [5.74, 6) is 0.924. The van der Waals surface area contributed by atoms with Gasteiger partial charge in [-0.25, -0.2) is 0 Å². The normalized spacial score (nSPS) is 22.6. The molecule has 2 atom stereocenters. The highest BCUT2D eigenvalue weighted by atomic mass is 16.5. The van der Waals surface area contributed by atoms with Gasteiger partial charge in [-0.1, -0.05) is 42.5 Å². The Morgan fingerprint density at radius 2 is 1.66 bits per heavy atom. The van der Waals surface area contributed by atoms with Crippen LogP contribution in [0.2, 0.25) is 0 Å². The summed E-state index contributed by atoms with van der Waals surface area (Å²) in [6, 6.07) is 17.1. The van der Waals surface area contributed by atoms with Crippen molar-refractivity contribution >= 4 is 11.8 Å². The molecule has 0 radical (unpaired) electrons. The molecule has 0 aromatic heterocycles. The Morgan fingerprint density at radius 3 is 2.34 bits per heavy atom. The van der Waals surface area contributed by atoms with E-state index in [0.29, 0.717) is 19.5 Å². The third kappa shape index (κ3) is 3.98.